The second-order valence-electron chi connectivity index (χ2n) is 3.31. The highest BCUT2D eigenvalue weighted by Crippen LogP contribution is 2.02. The lowest BCUT2D eigenvalue weighted by Crippen LogP contribution is -2.30. The Hall–Kier alpha value is 0.210. The molecular weight excluding hydrogens is 186 g/mol. The molecule has 2 nitrogen and oxygen atoms in total. The molecule has 0 amide bonds. The van der Waals surface area contributed by atoms with Crippen LogP contribution in [0.4, 0.5) is 0 Å². The molecule has 0 radical (unpaired) electrons. The van der Waals surface area contributed by atoms with Crippen LogP contribution in [0.5, 0.6) is 0 Å². The third-order valence-corrected chi connectivity index (χ3v) is 2.57. The zero-order chi connectivity index (χ0) is 10.1. The minimum absolute atomic E-state index is 0.145. The summed E-state index contributed by atoms with van der Waals surface area (Å²) in [5.41, 5.74) is 0. The number of nitrogens with one attached hydrogen (secondary N) is 1. The van der Waals surface area contributed by atoms with Gasteiger partial charge in [-0.1, -0.05) is 13.8 Å². The SMILES string of the molecule is CCC(CC)NCCC(Cl)COC. The summed E-state index contributed by atoms with van der Waals surface area (Å²) < 4.78 is 4.95. The van der Waals surface area contributed by atoms with Crippen LogP contribution >= 0.6 is 11.6 Å². The van der Waals surface area contributed by atoms with Gasteiger partial charge >= 0.3 is 0 Å². The van der Waals surface area contributed by atoms with Gasteiger partial charge in [0, 0.05) is 13.2 Å². The zero-order valence-electron chi connectivity index (χ0n) is 8.98. The Balaban J connectivity index is 3.32. The van der Waals surface area contributed by atoms with Gasteiger partial charge in [-0.2, -0.15) is 0 Å². The normalized spacial score (nSPS) is 13.6. The standard InChI is InChI=1S/C10H22ClNO/c1-4-10(5-2)12-7-6-9(11)8-13-3/h9-10,12H,4-8H2,1-3H3. The lowest BCUT2D eigenvalue weighted by molar-refractivity contribution is 0.195. The van der Waals surface area contributed by atoms with Gasteiger partial charge < -0.3 is 10.1 Å². The quantitative estimate of drug-likeness (QED) is 0.618. The van der Waals surface area contributed by atoms with Gasteiger partial charge in [0.1, 0.15) is 0 Å². The second-order valence-corrected chi connectivity index (χ2v) is 3.93. The summed E-state index contributed by atoms with van der Waals surface area (Å²) in [7, 11) is 1.68. The van der Waals surface area contributed by atoms with Crippen LogP contribution in [0.15, 0.2) is 0 Å². The Labute approximate surface area is 87.0 Å². The van der Waals surface area contributed by atoms with Crippen molar-refractivity contribution in [3.63, 3.8) is 0 Å². The first-order valence-electron chi connectivity index (χ1n) is 5.10. The third kappa shape index (κ3) is 7.29. The summed E-state index contributed by atoms with van der Waals surface area (Å²) in [5, 5.41) is 3.61. The smallest absolute Gasteiger partial charge is 0.0626 e. The molecule has 1 unspecified atom stereocenters. The van der Waals surface area contributed by atoms with Crippen LogP contribution < -0.4 is 5.32 Å². The van der Waals surface area contributed by atoms with Crippen molar-refractivity contribution in [2.75, 3.05) is 20.3 Å². The highest BCUT2D eigenvalue weighted by molar-refractivity contribution is 6.20. The van der Waals surface area contributed by atoms with Crippen molar-refractivity contribution in [3.05, 3.63) is 0 Å². The molecule has 0 saturated heterocycles. The van der Waals surface area contributed by atoms with Gasteiger partial charge in [-0.15, -0.1) is 11.6 Å². The topological polar surface area (TPSA) is 21.3 Å². The molecule has 0 aromatic carbocycles. The summed E-state index contributed by atoms with van der Waals surface area (Å²) in [6, 6.07) is 0.645. The van der Waals surface area contributed by atoms with E-state index in [1.54, 1.807) is 7.11 Å². The van der Waals surface area contributed by atoms with Gasteiger partial charge in [0.25, 0.3) is 0 Å². The van der Waals surface area contributed by atoms with E-state index in [4.69, 9.17) is 16.3 Å². The van der Waals surface area contributed by atoms with E-state index in [9.17, 15) is 0 Å². The van der Waals surface area contributed by atoms with Gasteiger partial charge in [-0.3, -0.25) is 0 Å². The number of alkyl halides is 1. The predicted octanol–water partition coefficient (Wildman–Crippen LogP) is 2.41. The molecule has 0 bridgehead atoms. The van der Waals surface area contributed by atoms with Crippen LogP contribution in [0.3, 0.4) is 0 Å². The van der Waals surface area contributed by atoms with Crippen molar-refractivity contribution in [1.29, 1.82) is 0 Å². The maximum absolute atomic E-state index is 5.99. The van der Waals surface area contributed by atoms with Crippen molar-refractivity contribution in [3.8, 4) is 0 Å². The van der Waals surface area contributed by atoms with Crippen LogP contribution in [0.2, 0.25) is 0 Å². The molecule has 0 heterocycles. The maximum Gasteiger partial charge on any atom is 0.0626 e. The van der Waals surface area contributed by atoms with Gasteiger partial charge in [0.05, 0.1) is 12.0 Å². The van der Waals surface area contributed by atoms with E-state index in [1.165, 1.54) is 12.8 Å². The van der Waals surface area contributed by atoms with Crippen LogP contribution in [0.1, 0.15) is 33.1 Å². The minimum atomic E-state index is 0.145. The van der Waals surface area contributed by atoms with Gasteiger partial charge in [0.2, 0.25) is 0 Å². The number of hydrogen-bond donors (Lipinski definition) is 1. The molecule has 0 rings (SSSR count). The Bertz CT molecular complexity index is 107. The average molecular weight is 208 g/mol. The summed E-state index contributed by atoms with van der Waals surface area (Å²) in [4.78, 5) is 0. The fourth-order valence-corrected chi connectivity index (χ4v) is 1.52. The summed E-state index contributed by atoms with van der Waals surface area (Å²) >= 11 is 5.99. The first-order chi connectivity index (χ1) is 6.24. The molecule has 0 aliphatic rings. The maximum atomic E-state index is 5.99. The predicted molar refractivity (Wildman–Crippen MR) is 58.5 cm³/mol. The number of ether oxygens (including phenoxy) is 1. The molecule has 0 spiro atoms. The molecular formula is C10H22ClNO. The first kappa shape index (κ1) is 13.2. The number of hydrogen-bond acceptors (Lipinski definition) is 2. The lowest BCUT2D eigenvalue weighted by Gasteiger charge is -2.15. The fraction of sp³-hybridized carbons (Fsp3) is 1.00. The van der Waals surface area contributed by atoms with Crippen molar-refractivity contribution < 1.29 is 4.74 Å². The molecule has 0 aromatic heterocycles. The van der Waals surface area contributed by atoms with E-state index in [0.29, 0.717) is 12.6 Å². The monoisotopic (exact) mass is 207 g/mol. The molecule has 0 fully saturated rings. The number of halogens is 1. The van der Waals surface area contributed by atoms with E-state index in [-0.39, 0.29) is 5.38 Å². The Morgan fingerprint density at radius 2 is 1.92 bits per heavy atom. The Morgan fingerprint density at radius 1 is 1.31 bits per heavy atom. The van der Waals surface area contributed by atoms with Crippen LogP contribution in [0.25, 0.3) is 0 Å². The van der Waals surface area contributed by atoms with E-state index in [1.807, 2.05) is 0 Å². The largest absolute Gasteiger partial charge is 0.383 e. The van der Waals surface area contributed by atoms with Crippen molar-refractivity contribution in [1.82, 2.24) is 5.32 Å². The van der Waals surface area contributed by atoms with Crippen LogP contribution in [0, 0.1) is 0 Å². The van der Waals surface area contributed by atoms with Gasteiger partial charge in [-0.05, 0) is 25.8 Å². The summed E-state index contributed by atoms with van der Waals surface area (Å²) in [5.74, 6) is 0. The summed E-state index contributed by atoms with van der Waals surface area (Å²) in [6.07, 6.45) is 3.35. The summed E-state index contributed by atoms with van der Waals surface area (Å²) in [6.45, 7) is 6.04. The lowest BCUT2D eigenvalue weighted by atomic mass is 10.1. The molecule has 0 aromatic rings. The van der Waals surface area contributed by atoms with Gasteiger partial charge in [-0.25, -0.2) is 0 Å². The molecule has 0 aliphatic carbocycles. The molecule has 0 saturated carbocycles. The van der Waals surface area contributed by atoms with E-state index < -0.39 is 0 Å². The van der Waals surface area contributed by atoms with Gasteiger partial charge in [0.15, 0.2) is 0 Å². The van der Waals surface area contributed by atoms with E-state index in [0.717, 1.165) is 13.0 Å². The molecule has 3 heteroatoms. The zero-order valence-corrected chi connectivity index (χ0v) is 9.73. The van der Waals surface area contributed by atoms with Crippen LogP contribution in [-0.2, 0) is 4.74 Å². The Morgan fingerprint density at radius 3 is 2.38 bits per heavy atom. The number of methoxy groups -OCH3 is 1. The van der Waals surface area contributed by atoms with Crippen molar-refractivity contribution in [2.45, 2.75) is 44.5 Å². The first-order valence-corrected chi connectivity index (χ1v) is 5.54. The molecule has 0 aliphatic heterocycles. The van der Waals surface area contributed by atoms with Crippen LogP contribution in [-0.4, -0.2) is 31.7 Å². The molecule has 1 atom stereocenters. The highest BCUT2D eigenvalue weighted by atomic mass is 35.5. The fourth-order valence-electron chi connectivity index (χ4n) is 1.29. The Kier molecular flexibility index (Phi) is 8.93. The minimum Gasteiger partial charge on any atom is -0.383 e. The molecule has 1 N–H and O–H groups in total. The highest BCUT2D eigenvalue weighted by Gasteiger charge is 2.05. The molecule has 13 heavy (non-hydrogen) atoms. The number of rotatable bonds is 8. The van der Waals surface area contributed by atoms with Crippen molar-refractivity contribution in [2.24, 2.45) is 0 Å². The van der Waals surface area contributed by atoms with E-state index >= 15 is 0 Å². The second kappa shape index (κ2) is 8.79. The molecule has 80 valence electrons. The van der Waals surface area contributed by atoms with Crippen molar-refractivity contribution >= 4 is 11.6 Å². The average Bonchev–Trinajstić information content (AvgIpc) is 2.13. The van der Waals surface area contributed by atoms with E-state index in [2.05, 4.69) is 19.2 Å². The third-order valence-electron chi connectivity index (χ3n) is 2.22.